The molecule has 1 atom stereocenters. The molecule has 5 amide bonds. The number of imide groups is 2. The molecule has 0 saturated carbocycles. The fourth-order valence-corrected chi connectivity index (χ4v) is 2.58. The number of carbonyl (C=O) groups is 4. The van der Waals surface area contributed by atoms with Crippen molar-refractivity contribution < 1.29 is 19.2 Å². The number of urea groups is 1. The van der Waals surface area contributed by atoms with Crippen LogP contribution in [0.1, 0.15) is 40.5 Å². The smallest absolute Gasteiger partial charge is 0.331 e. The van der Waals surface area contributed by atoms with Gasteiger partial charge in [-0.2, -0.15) is 0 Å². The Labute approximate surface area is 117 Å². The van der Waals surface area contributed by atoms with Crippen LogP contribution in [-0.4, -0.2) is 34.7 Å². The second-order valence-corrected chi connectivity index (χ2v) is 5.31. The Hall–Kier alpha value is -1.92. The van der Waals surface area contributed by atoms with Crippen molar-refractivity contribution in [3.8, 4) is 0 Å². The van der Waals surface area contributed by atoms with Crippen molar-refractivity contribution in [2.24, 2.45) is 17.1 Å². The maximum absolute atomic E-state index is 12.6. The van der Waals surface area contributed by atoms with Crippen LogP contribution in [0.2, 0.25) is 0 Å². The SMILES string of the molecule is CCC1(CC)C(=O)NC(=O)N(C(C(N)=O)C(C)C)C1=O. The van der Waals surface area contributed by atoms with Crippen LogP contribution in [0.15, 0.2) is 0 Å². The number of primary amides is 1. The lowest BCUT2D eigenvalue weighted by Crippen LogP contribution is -2.68. The second kappa shape index (κ2) is 5.60. The first kappa shape index (κ1) is 16.1. The van der Waals surface area contributed by atoms with Crippen LogP contribution in [0.5, 0.6) is 0 Å². The summed E-state index contributed by atoms with van der Waals surface area (Å²) >= 11 is 0. The van der Waals surface area contributed by atoms with E-state index in [1.54, 1.807) is 27.7 Å². The lowest BCUT2D eigenvalue weighted by Gasteiger charge is -2.41. The summed E-state index contributed by atoms with van der Waals surface area (Å²) in [6, 6.07) is -1.94. The number of nitrogens with zero attached hydrogens (tertiary/aromatic N) is 1. The summed E-state index contributed by atoms with van der Waals surface area (Å²) < 4.78 is 0. The first-order chi connectivity index (χ1) is 9.22. The minimum atomic E-state index is -1.31. The summed E-state index contributed by atoms with van der Waals surface area (Å²) in [5, 5.41) is 2.16. The molecule has 1 aliphatic heterocycles. The maximum atomic E-state index is 12.6. The lowest BCUT2D eigenvalue weighted by molar-refractivity contribution is -0.156. The van der Waals surface area contributed by atoms with Crippen LogP contribution < -0.4 is 11.1 Å². The fraction of sp³-hybridized carbons (Fsp3) is 0.692. The van der Waals surface area contributed by atoms with Gasteiger partial charge in [0.25, 0.3) is 0 Å². The molecule has 1 saturated heterocycles. The molecule has 20 heavy (non-hydrogen) atoms. The number of hydrogen-bond donors (Lipinski definition) is 2. The van der Waals surface area contributed by atoms with E-state index in [1.807, 2.05) is 0 Å². The Morgan fingerprint density at radius 2 is 1.75 bits per heavy atom. The number of rotatable bonds is 5. The molecular weight excluding hydrogens is 262 g/mol. The molecule has 0 aromatic heterocycles. The van der Waals surface area contributed by atoms with E-state index in [9.17, 15) is 19.2 Å². The van der Waals surface area contributed by atoms with Crippen molar-refractivity contribution in [2.75, 3.05) is 0 Å². The van der Waals surface area contributed by atoms with E-state index in [4.69, 9.17) is 5.73 Å². The van der Waals surface area contributed by atoms with E-state index in [0.717, 1.165) is 4.90 Å². The monoisotopic (exact) mass is 283 g/mol. The minimum absolute atomic E-state index is 0.252. The average Bonchev–Trinajstić information content (AvgIpc) is 2.34. The topological polar surface area (TPSA) is 110 Å². The van der Waals surface area contributed by atoms with Gasteiger partial charge in [0, 0.05) is 0 Å². The van der Waals surface area contributed by atoms with Gasteiger partial charge in [0.05, 0.1) is 0 Å². The van der Waals surface area contributed by atoms with E-state index in [0.29, 0.717) is 0 Å². The summed E-state index contributed by atoms with van der Waals surface area (Å²) in [7, 11) is 0. The molecule has 0 bridgehead atoms. The zero-order valence-corrected chi connectivity index (χ0v) is 12.2. The third kappa shape index (κ3) is 2.28. The molecule has 0 aromatic rings. The number of carbonyl (C=O) groups excluding carboxylic acids is 4. The van der Waals surface area contributed by atoms with E-state index in [1.165, 1.54) is 0 Å². The van der Waals surface area contributed by atoms with Gasteiger partial charge in [0.2, 0.25) is 17.7 Å². The molecule has 1 unspecified atom stereocenters. The largest absolute Gasteiger partial charge is 0.368 e. The van der Waals surface area contributed by atoms with E-state index < -0.39 is 35.2 Å². The van der Waals surface area contributed by atoms with E-state index in [2.05, 4.69) is 5.32 Å². The van der Waals surface area contributed by atoms with Gasteiger partial charge in [-0.1, -0.05) is 27.7 Å². The molecule has 1 heterocycles. The fourth-order valence-electron chi connectivity index (χ4n) is 2.58. The highest BCUT2D eigenvalue weighted by Crippen LogP contribution is 2.34. The number of amides is 5. The van der Waals surface area contributed by atoms with Crippen LogP contribution in [0.25, 0.3) is 0 Å². The Balaban J connectivity index is 3.32. The second-order valence-electron chi connectivity index (χ2n) is 5.31. The highest BCUT2D eigenvalue weighted by molar-refractivity contribution is 6.20. The van der Waals surface area contributed by atoms with Crippen molar-refractivity contribution in [2.45, 2.75) is 46.6 Å². The first-order valence-electron chi connectivity index (χ1n) is 6.71. The minimum Gasteiger partial charge on any atom is -0.368 e. The van der Waals surface area contributed by atoms with Crippen LogP contribution >= 0.6 is 0 Å². The van der Waals surface area contributed by atoms with Crippen molar-refractivity contribution in [3.05, 3.63) is 0 Å². The van der Waals surface area contributed by atoms with Gasteiger partial charge >= 0.3 is 6.03 Å². The van der Waals surface area contributed by atoms with Crippen molar-refractivity contribution in [3.63, 3.8) is 0 Å². The number of barbiturate groups is 1. The molecular formula is C13H21N3O4. The van der Waals surface area contributed by atoms with Crippen LogP contribution in [0.4, 0.5) is 4.79 Å². The highest BCUT2D eigenvalue weighted by Gasteiger charge is 2.54. The summed E-state index contributed by atoms with van der Waals surface area (Å²) in [5.74, 6) is -2.35. The Morgan fingerprint density at radius 3 is 2.10 bits per heavy atom. The third-order valence-corrected chi connectivity index (χ3v) is 3.91. The molecule has 1 aliphatic rings. The molecule has 1 fully saturated rings. The molecule has 7 nitrogen and oxygen atoms in total. The summed E-state index contributed by atoms with van der Waals surface area (Å²) in [6.45, 7) is 6.77. The lowest BCUT2D eigenvalue weighted by atomic mass is 9.78. The zero-order chi connectivity index (χ0) is 15.7. The predicted molar refractivity (Wildman–Crippen MR) is 71.2 cm³/mol. The van der Waals surface area contributed by atoms with Crippen molar-refractivity contribution in [1.29, 1.82) is 0 Å². The third-order valence-electron chi connectivity index (χ3n) is 3.91. The Bertz CT molecular complexity index is 455. The zero-order valence-electron chi connectivity index (χ0n) is 12.2. The molecule has 7 heteroatoms. The number of nitrogens with two attached hydrogens (primary N) is 1. The van der Waals surface area contributed by atoms with Gasteiger partial charge in [0.1, 0.15) is 11.5 Å². The van der Waals surface area contributed by atoms with Gasteiger partial charge in [-0.15, -0.1) is 0 Å². The van der Waals surface area contributed by atoms with Crippen LogP contribution in [0.3, 0.4) is 0 Å². The van der Waals surface area contributed by atoms with Gasteiger partial charge in [-0.3, -0.25) is 24.6 Å². The van der Waals surface area contributed by atoms with Gasteiger partial charge in [0.15, 0.2) is 0 Å². The quantitative estimate of drug-likeness (QED) is 0.711. The molecule has 0 aliphatic carbocycles. The normalized spacial score (nSPS) is 20.1. The maximum Gasteiger partial charge on any atom is 0.331 e. The molecule has 0 spiro atoms. The molecule has 0 radical (unpaired) electrons. The molecule has 1 rings (SSSR count). The molecule has 0 aromatic carbocycles. The molecule has 3 N–H and O–H groups in total. The number of nitrogens with one attached hydrogen (secondary N) is 1. The van der Waals surface area contributed by atoms with Crippen molar-refractivity contribution in [1.82, 2.24) is 10.2 Å². The first-order valence-corrected chi connectivity index (χ1v) is 6.71. The number of hydrogen-bond acceptors (Lipinski definition) is 4. The standard InChI is InChI=1S/C13H21N3O4/c1-5-13(6-2)10(18)15-12(20)16(11(13)19)8(7(3)4)9(14)17/h7-8H,5-6H2,1-4H3,(H2,14,17)(H,15,18,20). The average molecular weight is 283 g/mol. The van der Waals surface area contributed by atoms with Crippen LogP contribution in [-0.2, 0) is 14.4 Å². The van der Waals surface area contributed by atoms with Crippen LogP contribution in [0, 0.1) is 11.3 Å². The Kier molecular flexibility index (Phi) is 4.52. The van der Waals surface area contributed by atoms with Gasteiger partial charge in [-0.05, 0) is 18.8 Å². The van der Waals surface area contributed by atoms with Crippen molar-refractivity contribution >= 4 is 23.8 Å². The van der Waals surface area contributed by atoms with E-state index >= 15 is 0 Å². The molecule has 112 valence electrons. The summed E-state index contributed by atoms with van der Waals surface area (Å²) in [4.78, 5) is 48.9. The summed E-state index contributed by atoms with van der Waals surface area (Å²) in [5.41, 5.74) is 3.99. The van der Waals surface area contributed by atoms with E-state index in [-0.39, 0.29) is 18.8 Å². The summed E-state index contributed by atoms with van der Waals surface area (Å²) in [6.07, 6.45) is 0.503. The van der Waals surface area contributed by atoms with Gasteiger partial charge < -0.3 is 5.73 Å². The Morgan fingerprint density at radius 1 is 1.25 bits per heavy atom. The highest BCUT2D eigenvalue weighted by atomic mass is 16.2. The predicted octanol–water partition coefficient (Wildman–Crippen LogP) is 0.381. The van der Waals surface area contributed by atoms with Gasteiger partial charge in [-0.25, -0.2) is 4.79 Å².